The topological polar surface area (TPSA) is 32.3 Å². The molecule has 2 fully saturated rings. The highest BCUT2D eigenvalue weighted by molar-refractivity contribution is 5.78. The minimum absolute atomic E-state index is 0.307. The summed E-state index contributed by atoms with van der Waals surface area (Å²) in [5.41, 5.74) is 0. The van der Waals surface area contributed by atoms with E-state index >= 15 is 0 Å². The van der Waals surface area contributed by atoms with Gasteiger partial charge in [-0.25, -0.2) is 0 Å². The Bertz CT molecular complexity index is 232. The molecular formula is C13H24N2O. The van der Waals surface area contributed by atoms with E-state index in [1.807, 2.05) is 7.05 Å². The number of hydrogen-bond acceptors (Lipinski definition) is 2. The quantitative estimate of drug-likeness (QED) is 0.772. The molecule has 0 atom stereocenters. The van der Waals surface area contributed by atoms with Gasteiger partial charge in [-0.15, -0.1) is 0 Å². The predicted octanol–water partition coefficient (Wildman–Crippen LogP) is 1.78. The predicted molar refractivity (Wildman–Crippen MR) is 65.2 cm³/mol. The highest BCUT2D eigenvalue weighted by Gasteiger charge is 2.31. The standard InChI is InChI=1S/C13H24N2O/c1-14-9-13(16)15(10-11-7-8-11)12-5-3-2-4-6-12/h11-12,14H,2-10H2,1H3. The average molecular weight is 224 g/mol. The van der Waals surface area contributed by atoms with Crippen LogP contribution < -0.4 is 5.32 Å². The second-order valence-electron chi connectivity index (χ2n) is 5.31. The van der Waals surface area contributed by atoms with E-state index in [2.05, 4.69) is 10.2 Å². The van der Waals surface area contributed by atoms with E-state index in [4.69, 9.17) is 0 Å². The third-order valence-electron chi connectivity index (χ3n) is 3.82. The third kappa shape index (κ3) is 3.21. The van der Waals surface area contributed by atoms with E-state index in [0.717, 1.165) is 12.5 Å². The fraction of sp³-hybridized carbons (Fsp3) is 0.923. The van der Waals surface area contributed by atoms with Crippen LogP contribution in [0.15, 0.2) is 0 Å². The van der Waals surface area contributed by atoms with Crippen molar-refractivity contribution < 1.29 is 4.79 Å². The van der Waals surface area contributed by atoms with E-state index in [9.17, 15) is 4.79 Å². The number of carbonyl (C=O) groups is 1. The van der Waals surface area contributed by atoms with Gasteiger partial charge < -0.3 is 10.2 Å². The molecule has 0 saturated heterocycles. The lowest BCUT2D eigenvalue weighted by Gasteiger charge is -2.34. The summed E-state index contributed by atoms with van der Waals surface area (Å²) in [6.07, 6.45) is 9.07. The number of nitrogens with one attached hydrogen (secondary N) is 1. The Kier molecular flexibility index (Phi) is 4.22. The van der Waals surface area contributed by atoms with Gasteiger partial charge in [-0.3, -0.25) is 4.79 Å². The van der Waals surface area contributed by atoms with Gasteiger partial charge in [0.15, 0.2) is 0 Å². The van der Waals surface area contributed by atoms with E-state index in [1.54, 1.807) is 0 Å². The summed E-state index contributed by atoms with van der Waals surface area (Å²) in [5, 5.41) is 2.99. The van der Waals surface area contributed by atoms with Crippen molar-refractivity contribution in [1.29, 1.82) is 0 Å². The van der Waals surface area contributed by atoms with Gasteiger partial charge in [0.25, 0.3) is 0 Å². The minimum atomic E-state index is 0.307. The number of likely N-dealkylation sites (N-methyl/N-ethyl adjacent to an activating group) is 1. The van der Waals surface area contributed by atoms with Crippen molar-refractivity contribution >= 4 is 5.91 Å². The van der Waals surface area contributed by atoms with Crippen LogP contribution in [0.2, 0.25) is 0 Å². The van der Waals surface area contributed by atoms with Crippen LogP contribution in [-0.2, 0) is 4.79 Å². The molecule has 1 amide bonds. The fourth-order valence-electron chi connectivity index (χ4n) is 2.68. The Hall–Kier alpha value is -0.570. The molecule has 2 aliphatic rings. The van der Waals surface area contributed by atoms with Gasteiger partial charge in [-0.1, -0.05) is 19.3 Å². The first-order chi connectivity index (χ1) is 7.81. The fourth-order valence-corrected chi connectivity index (χ4v) is 2.68. The molecule has 0 aromatic rings. The van der Waals surface area contributed by atoms with Gasteiger partial charge in [0.05, 0.1) is 6.54 Å². The molecule has 0 heterocycles. The molecular weight excluding hydrogens is 200 g/mol. The maximum atomic E-state index is 12.1. The summed E-state index contributed by atoms with van der Waals surface area (Å²) in [5.74, 6) is 1.11. The van der Waals surface area contributed by atoms with Crippen LogP contribution in [0.3, 0.4) is 0 Å². The SMILES string of the molecule is CNCC(=O)N(CC1CC1)C1CCCCC1. The lowest BCUT2D eigenvalue weighted by molar-refractivity contribution is -0.133. The Labute approximate surface area is 98.6 Å². The summed E-state index contributed by atoms with van der Waals surface area (Å²) >= 11 is 0. The van der Waals surface area contributed by atoms with Crippen molar-refractivity contribution in [2.75, 3.05) is 20.1 Å². The summed E-state index contributed by atoms with van der Waals surface area (Å²) in [6.45, 7) is 1.52. The van der Waals surface area contributed by atoms with E-state index in [0.29, 0.717) is 18.5 Å². The number of carbonyl (C=O) groups excluding carboxylic acids is 1. The van der Waals surface area contributed by atoms with Crippen LogP contribution >= 0.6 is 0 Å². The highest BCUT2D eigenvalue weighted by atomic mass is 16.2. The van der Waals surface area contributed by atoms with Crippen molar-refractivity contribution in [3.05, 3.63) is 0 Å². The zero-order chi connectivity index (χ0) is 11.4. The molecule has 16 heavy (non-hydrogen) atoms. The van der Waals surface area contributed by atoms with Gasteiger partial charge in [-0.05, 0) is 38.6 Å². The number of rotatable bonds is 5. The van der Waals surface area contributed by atoms with Crippen LogP contribution in [-0.4, -0.2) is 37.0 Å². The number of hydrogen-bond donors (Lipinski definition) is 1. The molecule has 0 spiro atoms. The van der Waals surface area contributed by atoms with Crippen molar-refractivity contribution in [2.45, 2.75) is 51.0 Å². The molecule has 0 aliphatic heterocycles. The second kappa shape index (κ2) is 5.67. The maximum Gasteiger partial charge on any atom is 0.236 e. The number of amides is 1. The van der Waals surface area contributed by atoms with Crippen molar-refractivity contribution in [3.8, 4) is 0 Å². The van der Waals surface area contributed by atoms with Crippen LogP contribution in [0.4, 0.5) is 0 Å². The third-order valence-corrected chi connectivity index (χ3v) is 3.82. The van der Waals surface area contributed by atoms with Gasteiger partial charge in [-0.2, -0.15) is 0 Å². The molecule has 0 bridgehead atoms. The zero-order valence-electron chi connectivity index (χ0n) is 10.4. The molecule has 0 radical (unpaired) electrons. The Morgan fingerprint density at radius 2 is 1.88 bits per heavy atom. The average Bonchev–Trinajstić information content (AvgIpc) is 3.11. The first-order valence-electron chi connectivity index (χ1n) is 6.75. The van der Waals surface area contributed by atoms with Crippen LogP contribution in [0.1, 0.15) is 44.9 Å². The van der Waals surface area contributed by atoms with Crippen molar-refractivity contribution in [3.63, 3.8) is 0 Å². The summed E-state index contributed by atoms with van der Waals surface area (Å²) in [6, 6.07) is 0.537. The van der Waals surface area contributed by atoms with E-state index in [-0.39, 0.29) is 0 Å². The normalized spacial score (nSPS) is 22.1. The molecule has 0 aromatic heterocycles. The first kappa shape index (κ1) is 11.9. The molecule has 0 unspecified atom stereocenters. The smallest absolute Gasteiger partial charge is 0.236 e. The molecule has 3 nitrogen and oxygen atoms in total. The molecule has 2 rings (SSSR count). The molecule has 0 aromatic carbocycles. The molecule has 1 N–H and O–H groups in total. The van der Waals surface area contributed by atoms with Crippen LogP contribution in [0.5, 0.6) is 0 Å². The monoisotopic (exact) mass is 224 g/mol. The Balaban J connectivity index is 1.91. The summed E-state index contributed by atoms with van der Waals surface area (Å²) < 4.78 is 0. The van der Waals surface area contributed by atoms with Gasteiger partial charge in [0, 0.05) is 12.6 Å². The first-order valence-corrected chi connectivity index (χ1v) is 6.75. The van der Waals surface area contributed by atoms with Crippen molar-refractivity contribution in [2.24, 2.45) is 5.92 Å². The van der Waals surface area contributed by atoms with Gasteiger partial charge in [0.1, 0.15) is 0 Å². The van der Waals surface area contributed by atoms with Gasteiger partial charge >= 0.3 is 0 Å². The van der Waals surface area contributed by atoms with Crippen LogP contribution in [0.25, 0.3) is 0 Å². The molecule has 2 saturated carbocycles. The molecule has 3 heteroatoms. The zero-order valence-corrected chi connectivity index (χ0v) is 10.4. The lowest BCUT2D eigenvalue weighted by Crippen LogP contribution is -2.46. The maximum absolute atomic E-state index is 12.1. The Morgan fingerprint density at radius 1 is 1.19 bits per heavy atom. The largest absolute Gasteiger partial charge is 0.338 e. The second-order valence-corrected chi connectivity index (χ2v) is 5.31. The van der Waals surface area contributed by atoms with E-state index in [1.165, 1.54) is 44.9 Å². The Morgan fingerprint density at radius 3 is 2.44 bits per heavy atom. The van der Waals surface area contributed by atoms with Crippen LogP contribution in [0, 0.1) is 5.92 Å². The lowest BCUT2D eigenvalue weighted by atomic mass is 9.94. The highest BCUT2D eigenvalue weighted by Crippen LogP contribution is 2.32. The van der Waals surface area contributed by atoms with Crippen molar-refractivity contribution in [1.82, 2.24) is 10.2 Å². The molecule has 92 valence electrons. The minimum Gasteiger partial charge on any atom is -0.338 e. The van der Waals surface area contributed by atoms with Gasteiger partial charge in [0.2, 0.25) is 5.91 Å². The summed E-state index contributed by atoms with van der Waals surface area (Å²) in [4.78, 5) is 14.2. The number of nitrogens with zero attached hydrogens (tertiary/aromatic N) is 1. The summed E-state index contributed by atoms with van der Waals surface area (Å²) in [7, 11) is 1.86. The van der Waals surface area contributed by atoms with E-state index < -0.39 is 0 Å². The molecule has 2 aliphatic carbocycles.